The lowest BCUT2D eigenvalue weighted by molar-refractivity contribution is 0.0654. The van der Waals surface area contributed by atoms with Crippen LogP contribution in [0.1, 0.15) is 51.8 Å². The van der Waals surface area contributed by atoms with Crippen LogP contribution in [0.15, 0.2) is 59.3 Å². The molecule has 33 heavy (non-hydrogen) atoms. The number of carbonyl (C=O) groups is 1. The molecule has 4 aromatic rings. The number of hydrogen-bond donors (Lipinski definition) is 0. The van der Waals surface area contributed by atoms with E-state index in [9.17, 15) is 13.6 Å². The molecule has 2 aromatic heterocycles. The van der Waals surface area contributed by atoms with Crippen LogP contribution < -0.4 is 0 Å². The fraction of sp³-hybridized carbons (Fsp3) is 0.240. The Balaban J connectivity index is 1.51. The molecule has 8 heteroatoms. The molecule has 5 rings (SSSR count). The first kappa shape index (κ1) is 21.1. The summed E-state index contributed by atoms with van der Waals surface area (Å²) in [4.78, 5) is 15.3. The molecule has 1 amide bonds. The molecule has 0 bridgehead atoms. The van der Waals surface area contributed by atoms with E-state index in [1.807, 2.05) is 50.0 Å². The monoisotopic (exact) mass is 448 g/mol. The van der Waals surface area contributed by atoms with E-state index in [1.54, 1.807) is 4.90 Å². The van der Waals surface area contributed by atoms with E-state index in [-0.39, 0.29) is 34.9 Å². The molecule has 2 atom stereocenters. The number of nitrogens with zero attached hydrogens (tertiary/aromatic N) is 4. The molecule has 0 spiro atoms. The number of fused-ring (bicyclic) bond motifs is 1. The lowest BCUT2D eigenvalue weighted by atomic mass is 9.81. The standard InChI is InChI=1S/C25H22F2N4O2/c1-14-20(12-28-30(14)3)21-13-31(15(2)17-6-4-5-7-18(17)21)25(32)23-11-24(33-29-23)19-9-8-16(26)10-22(19)27/h4-12,15,21H,13H2,1-3H3/t15-,21-/m0/s1. The molecule has 3 heterocycles. The average Bonchev–Trinajstić information content (AvgIpc) is 3.41. The van der Waals surface area contributed by atoms with Crippen LogP contribution in [0.2, 0.25) is 0 Å². The summed E-state index contributed by atoms with van der Waals surface area (Å²) in [5.74, 6) is -1.76. The number of carbonyl (C=O) groups excluding carboxylic acids is 1. The second-order valence-corrected chi connectivity index (χ2v) is 8.32. The highest BCUT2D eigenvalue weighted by Gasteiger charge is 2.36. The van der Waals surface area contributed by atoms with E-state index in [0.717, 1.165) is 29.0 Å². The third kappa shape index (κ3) is 3.51. The molecule has 1 aliphatic heterocycles. The average molecular weight is 448 g/mol. The topological polar surface area (TPSA) is 64.2 Å². The van der Waals surface area contributed by atoms with Crippen molar-refractivity contribution in [1.29, 1.82) is 0 Å². The van der Waals surface area contributed by atoms with Gasteiger partial charge in [0, 0.05) is 42.9 Å². The molecular formula is C25H22F2N4O2. The molecular weight excluding hydrogens is 426 g/mol. The van der Waals surface area contributed by atoms with Crippen LogP contribution in [0.5, 0.6) is 0 Å². The van der Waals surface area contributed by atoms with Gasteiger partial charge in [0.1, 0.15) is 11.6 Å². The number of rotatable bonds is 3. The van der Waals surface area contributed by atoms with Crippen LogP contribution in [-0.2, 0) is 7.05 Å². The Morgan fingerprint density at radius 2 is 1.85 bits per heavy atom. The van der Waals surface area contributed by atoms with Crippen molar-refractivity contribution in [1.82, 2.24) is 19.8 Å². The van der Waals surface area contributed by atoms with Gasteiger partial charge >= 0.3 is 0 Å². The first-order valence-corrected chi connectivity index (χ1v) is 10.7. The van der Waals surface area contributed by atoms with Gasteiger partial charge in [-0.25, -0.2) is 8.78 Å². The predicted octanol–water partition coefficient (Wildman–Crippen LogP) is 5.01. The van der Waals surface area contributed by atoms with Gasteiger partial charge in [-0.3, -0.25) is 9.48 Å². The van der Waals surface area contributed by atoms with E-state index >= 15 is 0 Å². The van der Waals surface area contributed by atoms with E-state index in [1.165, 1.54) is 17.7 Å². The summed E-state index contributed by atoms with van der Waals surface area (Å²) in [5.41, 5.74) is 4.43. The predicted molar refractivity (Wildman–Crippen MR) is 118 cm³/mol. The Morgan fingerprint density at radius 1 is 1.09 bits per heavy atom. The lowest BCUT2D eigenvalue weighted by Crippen LogP contribution is -2.41. The number of hydrogen-bond acceptors (Lipinski definition) is 4. The summed E-state index contributed by atoms with van der Waals surface area (Å²) in [5, 5.41) is 8.28. The zero-order valence-electron chi connectivity index (χ0n) is 18.4. The second-order valence-electron chi connectivity index (χ2n) is 8.32. The van der Waals surface area contributed by atoms with Gasteiger partial charge in [-0.05, 0) is 37.1 Å². The SMILES string of the molecule is Cc1c([C@H]2CN(C(=O)c3cc(-c4ccc(F)cc4F)on3)[C@@H](C)c3ccccc32)cnn1C. The van der Waals surface area contributed by atoms with Crippen molar-refractivity contribution in [2.24, 2.45) is 7.05 Å². The molecule has 0 saturated heterocycles. The lowest BCUT2D eigenvalue weighted by Gasteiger charge is -2.39. The summed E-state index contributed by atoms with van der Waals surface area (Å²) in [6, 6.07) is 12.5. The van der Waals surface area contributed by atoms with Crippen molar-refractivity contribution in [3.05, 3.63) is 94.4 Å². The van der Waals surface area contributed by atoms with Crippen LogP contribution >= 0.6 is 0 Å². The fourth-order valence-electron chi connectivity index (χ4n) is 4.55. The Bertz CT molecular complexity index is 1360. The van der Waals surface area contributed by atoms with Crippen molar-refractivity contribution in [3.8, 4) is 11.3 Å². The number of aromatic nitrogens is 3. The van der Waals surface area contributed by atoms with E-state index in [4.69, 9.17) is 4.52 Å². The number of benzene rings is 2. The van der Waals surface area contributed by atoms with Crippen LogP contribution in [0.3, 0.4) is 0 Å². The number of halogens is 2. The molecule has 1 aliphatic rings. The zero-order valence-corrected chi connectivity index (χ0v) is 18.4. The third-order valence-electron chi connectivity index (χ3n) is 6.50. The van der Waals surface area contributed by atoms with E-state index in [2.05, 4.69) is 16.3 Å². The molecule has 2 aromatic carbocycles. The minimum Gasteiger partial charge on any atom is -0.355 e. The summed E-state index contributed by atoms with van der Waals surface area (Å²) >= 11 is 0. The van der Waals surface area contributed by atoms with Crippen LogP contribution in [0.25, 0.3) is 11.3 Å². The highest BCUT2D eigenvalue weighted by Crippen LogP contribution is 2.40. The van der Waals surface area contributed by atoms with Crippen LogP contribution in [0.4, 0.5) is 8.78 Å². The normalized spacial score (nSPS) is 17.8. The van der Waals surface area contributed by atoms with Gasteiger partial charge in [0.2, 0.25) is 0 Å². The summed E-state index contributed by atoms with van der Waals surface area (Å²) in [7, 11) is 1.89. The molecule has 168 valence electrons. The van der Waals surface area contributed by atoms with Crippen molar-refractivity contribution < 1.29 is 18.1 Å². The molecule has 0 aliphatic carbocycles. The number of aryl methyl sites for hydroxylation is 1. The quantitative estimate of drug-likeness (QED) is 0.442. The summed E-state index contributed by atoms with van der Waals surface area (Å²) in [6.45, 7) is 4.43. The van der Waals surface area contributed by atoms with Crippen molar-refractivity contribution in [2.45, 2.75) is 25.8 Å². The molecule has 0 unspecified atom stereocenters. The molecule has 0 fully saturated rings. The first-order chi connectivity index (χ1) is 15.8. The van der Waals surface area contributed by atoms with E-state index in [0.29, 0.717) is 6.54 Å². The highest BCUT2D eigenvalue weighted by molar-refractivity contribution is 5.93. The highest BCUT2D eigenvalue weighted by atomic mass is 19.1. The third-order valence-corrected chi connectivity index (χ3v) is 6.50. The van der Waals surface area contributed by atoms with Crippen LogP contribution in [0, 0.1) is 18.6 Å². The Kier molecular flexibility index (Phi) is 5.08. The zero-order chi connectivity index (χ0) is 23.3. The van der Waals surface area contributed by atoms with Crippen molar-refractivity contribution in [2.75, 3.05) is 6.54 Å². The van der Waals surface area contributed by atoms with Gasteiger partial charge < -0.3 is 9.42 Å². The van der Waals surface area contributed by atoms with Crippen LogP contribution in [-0.4, -0.2) is 32.3 Å². The largest absolute Gasteiger partial charge is 0.355 e. The minimum absolute atomic E-state index is 0.0452. The van der Waals surface area contributed by atoms with Crippen molar-refractivity contribution in [3.63, 3.8) is 0 Å². The molecule has 0 radical (unpaired) electrons. The maximum Gasteiger partial charge on any atom is 0.276 e. The molecule has 0 N–H and O–H groups in total. The van der Waals surface area contributed by atoms with Gasteiger partial charge in [0.05, 0.1) is 17.8 Å². The van der Waals surface area contributed by atoms with E-state index < -0.39 is 11.6 Å². The van der Waals surface area contributed by atoms with Gasteiger partial charge in [-0.2, -0.15) is 5.10 Å². The first-order valence-electron chi connectivity index (χ1n) is 10.7. The maximum absolute atomic E-state index is 14.2. The van der Waals surface area contributed by atoms with Crippen molar-refractivity contribution >= 4 is 5.91 Å². The smallest absolute Gasteiger partial charge is 0.276 e. The molecule has 6 nitrogen and oxygen atoms in total. The van der Waals surface area contributed by atoms with Gasteiger partial charge in [0.25, 0.3) is 5.91 Å². The Labute approximate surface area is 189 Å². The fourth-order valence-corrected chi connectivity index (χ4v) is 4.55. The Hall–Kier alpha value is -3.81. The maximum atomic E-state index is 14.2. The van der Waals surface area contributed by atoms with Gasteiger partial charge in [0.15, 0.2) is 11.5 Å². The van der Waals surface area contributed by atoms with Gasteiger partial charge in [-0.15, -0.1) is 0 Å². The summed E-state index contributed by atoms with van der Waals surface area (Å²) < 4.78 is 34.5. The van der Waals surface area contributed by atoms with Gasteiger partial charge in [-0.1, -0.05) is 29.4 Å². The number of amides is 1. The molecule has 0 saturated carbocycles. The Morgan fingerprint density at radius 3 is 2.55 bits per heavy atom. The minimum atomic E-state index is -0.780. The summed E-state index contributed by atoms with van der Waals surface area (Å²) in [6.07, 6.45) is 1.85. The second kappa shape index (κ2) is 7.95.